The van der Waals surface area contributed by atoms with Crippen LogP contribution in [-0.4, -0.2) is 16.2 Å². The van der Waals surface area contributed by atoms with Gasteiger partial charge in [0.25, 0.3) is 0 Å². The first-order chi connectivity index (χ1) is 12.6. The van der Waals surface area contributed by atoms with Crippen molar-refractivity contribution in [2.75, 3.05) is 0 Å². The van der Waals surface area contributed by atoms with Crippen molar-refractivity contribution in [1.82, 2.24) is 4.98 Å². The van der Waals surface area contributed by atoms with Gasteiger partial charge in [-0.05, 0) is 61.9 Å². The molecule has 5 heteroatoms. The number of hydrogen-bond acceptors (Lipinski definition) is 4. The van der Waals surface area contributed by atoms with Gasteiger partial charge in [-0.15, -0.1) is 11.3 Å². The number of aliphatic hydroxyl groups excluding tert-OH is 1. The molecule has 0 spiro atoms. The summed E-state index contributed by atoms with van der Waals surface area (Å²) in [6.45, 7) is 4.34. The van der Waals surface area contributed by atoms with Gasteiger partial charge in [0.05, 0.1) is 16.8 Å². The van der Waals surface area contributed by atoms with Crippen molar-refractivity contribution in [3.8, 4) is 16.9 Å². The number of aromatic nitrogens is 1. The number of rotatable bonds is 4. The third-order valence-electron chi connectivity index (χ3n) is 5.20. The van der Waals surface area contributed by atoms with E-state index in [-0.39, 0.29) is 12.7 Å². The van der Waals surface area contributed by atoms with Crippen LogP contribution in [0.2, 0.25) is 5.02 Å². The first-order valence-electron chi connectivity index (χ1n) is 9.02. The normalized spacial score (nSPS) is 20.0. The van der Waals surface area contributed by atoms with Gasteiger partial charge in [0.15, 0.2) is 0 Å². The fraction of sp³-hybridized carbons (Fsp3) is 0.381. The molecular formula is C21H22ClNO2S. The monoisotopic (exact) mass is 387 g/mol. The van der Waals surface area contributed by atoms with Crippen molar-refractivity contribution in [2.45, 2.75) is 45.8 Å². The lowest BCUT2D eigenvalue weighted by Gasteiger charge is -2.22. The summed E-state index contributed by atoms with van der Waals surface area (Å²) in [5, 5.41) is 10.2. The van der Waals surface area contributed by atoms with Crippen molar-refractivity contribution >= 4 is 33.2 Å². The Hall–Kier alpha value is -1.62. The van der Waals surface area contributed by atoms with Crippen molar-refractivity contribution < 1.29 is 9.84 Å². The van der Waals surface area contributed by atoms with Crippen LogP contribution in [-0.2, 0) is 6.61 Å². The highest BCUT2D eigenvalue weighted by Crippen LogP contribution is 2.43. The summed E-state index contributed by atoms with van der Waals surface area (Å²) < 4.78 is 7.58. The molecule has 2 atom stereocenters. The number of pyridine rings is 1. The molecular weight excluding hydrogens is 366 g/mol. The molecule has 0 amide bonds. The fourth-order valence-corrected chi connectivity index (χ4v) is 5.08. The van der Waals surface area contributed by atoms with Crippen molar-refractivity contribution in [3.05, 3.63) is 45.9 Å². The standard InChI is InChI=1S/C21H22ClNO2S/c1-12-4-3-5-19(12)25-20-13(2)8-14(22)9-17(20)16-6-7-23-18-10-15(11-24)26-21(16)18/h6-10,12,19,24H,3-5,11H2,1-2H3/t12-,19+/m0/s1. The van der Waals surface area contributed by atoms with Gasteiger partial charge in [-0.2, -0.15) is 0 Å². The predicted molar refractivity (Wildman–Crippen MR) is 108 cm³/mol. The summed E-state index contributed by atoms with van der Waals surface area (Å²) in [5.74, 6) is 1.48. The van der Waals surface area contributed by atoms with Gasteiger partial charge in [0, 0.05) is 27.2 Å². The molecule has 1 aliphatic rings. The smallest absolute Gasteiger partial charge is 0.130 e. The average molecular weight is 388 g/mol. The number of nitrogens with zero attached hydrogens (tertiary/aromatic N) is 1. The Bertz CT molecular complexity index is 953. The van der Waals surface area contributed by atoms with Crippen LogP contribution in [0.25, 0.3) is 21.3 Å². The molecule has 1 aliphatic carbocycles. The second kappa shape index (κ2) is 7.18. The molecule has 0 bridgehead atoms. The highest BCUT2D eigenvalue weighted by Gasteiger charge is 2.27. The maximum atomic E-state index is 9.50. The molecule has 0 radical (unpaired) electrons. The third-order valence-corrected chi connectivity index (χ3v) is 6.56. The number of hydrogen-bond donors (Lipinski definition) is 1. The molecule has 3 aromatic rings. The number of benzene rings is 1. The van der Waals surface area contributed by atoms with Crippen molar-refractivity contribution in [3.63, 3.8) is 0 Å². The van der Waals surface area contributed by atoms with Gasteiger partial charge in [0.1, 0.15) is 11.9 Å². The van der Waals surface area contributed by atoms with Crippen LogP contribution in [0.3, 0.4) is 0 Å². The van der Waals surface area contributed by atoms with Crippen molar-refractivity contribution in [2.24, 2.45) is 5.92 Å². The maximum Gasteiger partial charge on any atom is 0.130 e. The van der Waals surface area contributed by atoms with E-state index in [1.165, 1.54) is 12.8 Å². The van der Waals surface area contributed by atoms with Gasteiger partial charge < -0.3 is 9.84 Å². The largest absolute Gasteiger partial charge is 0.489 e. The molecule has 0 saturated heterocycles. The molecule has 1 fully saturated rings. The number of thiophene rings is 1. The summed E-state index contributed by atoms with van der Waals surface area (Å²) in [6, 6.07) is 7.90. The summed E-state index contributed by atoms with van der Waals surface area (Å²) in [7, 11) is 0. The molecule has 2 heterocycles. The molecule has 26 heavy (non-hydrogen) atoms. The second-order valence-corrected chi connectivity index (χ2v) is 8.68. The molecule has 4 rings (SSSR count). The molecule has 1 N–H and O–H groups in total. The first-order valence-corrected chi connectivity index (χ1v) is 10.2. The van der Waals surface area contributed by atoms with Crippen LogP contribution in [0.15, 0.2) is 30.5 Å². The van der Waals surface area contributed by atoms with Crippen LogP contribution in [0.5, 0.6) is 5.75 Å². The number of aryl methyl sites for hydroxylation is 1. The average Bonchev–Trinajstić information content (AvgIpc) is 3.22. The predicted octanol–water partition coefficient (Wildman–Crippen LogP) is 5.98. The Morgan fingerprint density at radius 2 is 2.12 bits per heavy atom. The number of aliphatic hydroxyl groups is 1. The van der Waals surface area contributed by atoms with E-state index in [9.17, 15) is 5.11 Å². The minimum absolute atomic E-state index is 0.0258. The SMILES string of the molecule is Cc1cc(Cl)cc(-c2ccnc3cc(CO)sc23)c1O[C@@H]1CCC[C@@H]1C. The minimum atomic E-state index is 0.0258. The Morgan fingerprint density at radius 1 is 1.27 bits per heavy atom. The third kappa shape index (κ3) is 3.22. The van der Waals surface area contributed by atoms with E-state index >= 15 is 0 Å². The van der Waals surface area contributed by atoms with Gasteiger partial charge in [0.2, 0.25) is 0 Å². The van der Waals surface area contributed by atoms with E-state index < -0.39 is 0 Å². The highest BCUT2D eigenvalue weighted by molar-refractivity contribution is 7.19. The minimum Gasteiger partial charge on any atom is -0.489 e. The van der Waals surface area contributed by atoms with Crippen LogP contribution in [0.1, 0.15) is 36.6 Å². The zero-order chi connectivity index (χ0) is 18.3. The van der Waals surface area contributed by atoms with E-state index in [4.69, 9.17) is 16.3 Å². The second-order valence-electron chi connectivity index (χ2n) is 7.11. The molecule has 1 saturated carbocycles. The highest BCUT2D eigenvalue weighted by atomic mass is 35.5. The Labute approximate surface area is 162 Å². The quantitative estimate of drug-likeness (QED) is 0.598. The molecule has 2 aromatic heterocycles. The summed E-state index contributed by atoms with van der Waals surface area (Å²) >= 11 is 7.96. The van der Waals surface area contributed by atoms with E-state index in [1.807, 2.05) is 30.5 Å². The molecule has 136 valence electrons. The Balaban J connectivity index is 1.87. The van der Waals surface area contributed by atoms with Crippen LogP contribution >= 0.6 is 22.9 Å². The van der Waals surface area contributed by atoms with E-state index in [1.54, 1.807) is 11.3 Å². The van der Waals surface area contributed by atoms with E-state index in [2.05, 4.69) is 18.8 Å². The van der Waals surface area contributed by atoms with Crippen LogP contribution < -0.4 is 4.74 Å². The maximum absolute atomic E-state index is 9.50. The summed E-state index contributed by atoms with van der Waals surface area (Å²) in [4.78, 5) is 5.36. The van der Waals surface area contributed by atoms with Crippen molar-refractivity contribution in [1.29, 1.82) is 0 Å². The van der Waals surface area contributed by atoms with Crippen LogP contribution in [0, 0.1) is 12.8 Å². The van der Waals surface area contributed by atoms with E-state index in [0.29, 0.717) is 10.9 Å². The molecule has 1 aromatic carbocycles. The Kier molecular flexibility index (Phi) is 4.91. The summed E-state index contributed by atoms with van der Waals surface area (Å²) in [6.07, 6.45) is 5.60. The molecule has 3 nitrogen and oxygen atoms in total. The number of halogens is 1. The number of ether oxygens (including phenoxy) is 1. The lowest BCUT2D eigenvalue weighted by molar-refractivity contribution is 0.167. The zero-order valence-electron chi connectivity index (χ0n) is 15.0. The first kappa shape index (κ1) is 17.8. The zero-order valence-corrected chi connectivity index (χ0v) is 16.5. The number of fused-ring (bicyclic) bond motifs is 1. The van der Waals surface area contributed by atoms with Gasteiger partial charge >= 0.3 is 0 Å². The molecule has 0 unspecified atom stereocenters. The summed E-state index contributed by atoms with van der Waals surface area (Å²) in [5.41, 5.74) is 4.02. The molecule has 0 aliphatic heterocycles. The lowest BCUT2D eigenvalue weighted by atomic mass is 10.0. The fourth-order valence-electron chi connectivity index (χ4n) is 3.80. The Morgan fingerprint density at radius 3 is 2.85 bits per heavy atom. The van der Waals surface area contributed by atoms with Gasteiger partial charge in [-0.1, -0.05) is 18.5 Å². The van der Waals surface area contributed by atoms with Gasteiger partial charge in [-0.25, -0.2) is 0 Å². The van der Waals surface area contributed by atoms with Gasteiger partial charge in [-0.3, -0.25) is 4.98 Å². The lowest BCUT2D eigenvalue weighted by Crippen LogP contribution is -2.19. The topological polar surface area (TPSA) is 42.4 Å². The van der Waals surface area contributed by atoms with Crippen LogP contribution in [0.4, 0.5) is 0 Å². The van der Waals surface area contributed by atoms with E-state index in [0.717, 1.165) is 44.0 Å².